The Labute approximate surface area is 78.1 Å². The molecular formula is C10H16OS. The Bertz CT molecular complexity index is 214. The van der Waals surface area contributed by atoms with Crippen LogP contribution in [-0.2, 0) is 6.42 Å². The average Bonchev–Trinajstić information content (AvgIpc) is 2.53. The summed E-state index contributed by atoms with van der Waals surface area (Å²) in [5, 5.41) is 11.1. The minimum atomic E-state index is 0.0734. The van der Waals surface area contributed by atoms with Crippen molar-refractivity contribution in [1.29, 1.82) is 0 Å². The zero-order valence-corrected chi connectivity index (χ0v) is 8.53. The number of hydrogen-bond donors (Lipinski definition) is 1. The number of aliphatic hydroxyl groups excluding tert-OH is 1. The molecule has 12 heavy (non-hydrogen) atoms. The summed E-state index contributed by atoms with van der Waals surface area (Å²) in [6.07, 6.45) is 2.15. The third-order valence-corrected chi connectivity index (χ3v) is 2.99. The third kappa shape index (κ3) is 2.95. The van der Waals surface area contributed by atoms with Gasteiger partial charge in [-0.2, -0.15) is 0 Å². The van der Waals surface area contributed by atoms with Crippen molar-refractivity contribution in [3.05, 3.63) is 22.4 Å². The van der Waals surface area contributed by atoms with Crippen LogP contribution < -0.4 is 0 Å². The number of rotatable bonds is 4. The molecule has 1 aromatic heterocycles. The molecule has 2 heteroatoms. The Morgan fingerprint density at radius 2 is 2.25 bits per heavy atom. The molecule has 1 N–H and O–H groups in total. The monoisotopic (exact) mass is 184 g/mol. The predicted octanol–water partition coefficient (Wildman–Crippen LogP) is 2.70. The molecule has 0 aliphatic rings. The van der Waals surface area contributed by atoms with E-state index in [1.165, 1.54) is 4.88 Å². The summed E-state index contributed by atoms with van der Waals surface area (Å²) >= 11 is 1.79. The summed E-state index contributed by atoms with van der Waals surface area (Å²) in [5.74, 6) is 0. The lowest BCUT2D eigenvalue weighted by molar-refractivity contribution is 0.151. The van der Waals surface area contributed by atoms with Crippen LogP contribution in [0.4, 0.5) is 0 Å². The van der Waals surface area contributed by atoms with Crippen LogP contribution in [0.25, 0.3) is 0 Å². The Hall–Kier alpha value is -0.340. The third-order valence-electron chi connectivity index (χ3n) is 2.06. The Morgan fingerprint density at radius 3 is 2.75 bits per heavy atom. The number of hydrogen-bond acceptors (Lipinski definition) is 2. The van der Waals surface area contributed by atoms with Gasteiger partial charge in [-0.05, 0) is 29.7 Å². The van der Waals surface area contributed by atoms with Gasteiger partial charge in [0.05, 0.1) is 0 Å². The first kappa shape index (κ1) is 9.75. The molecule has 0 aliphatic carbocycles. The van der Waals surface area contributed by atoms with Gasteiger partial charge in [0.2, 0.25) is 0 Å². The van der Waals surface area contributed by atoms with Crippen LogP contribution in [0.2, 0.25) is 0 Å². The lowest BCUT2D eigenvalue weighted by atomic mass is 9.89. The van der Waals surface area contributed by atoms with Gasteiger partial charge in [-0.1, -0.05) is 19.9 Å². The fourth-order valence-corrected chi connectivity index (χ4v) is 1.70. The van der Waals surface area contributed by atoms with Crippen molar-refractivity contribution in [1.82, 2.24) is 0 Å². The molecule has 0 aliphatic heterocycles. The molecule has 0 unspecified atom stereocenters. The van der Waals surface area contributed by atoms with E-state index in [0.717, 1.165) is 12.8 Å². The zero-order valence-electron chi connectivity index (χ0n) is 7.71. The Kier molecular flexibility index (Phi) is 3.29. The predicted molar refractivity (Wildman–Crippen MR) is 53.5 cm³/mol. The molecule has 1 heterocycles. The minimum absolute atomic E-state index is 0.0734. The van der Waals surface area contributed by atoms with Gasteiger partial charge in [0.15, 0.2) is 0 Å². The average molecular weight is 184 g/mol. The second kappa shape index (κ2) is 4.06. The largest absolute Gasteiger partial charge is 0.396 e. The summed E-state index contributed by atoms with van der Waals surface area (Å²) in [5.41, 5.74) is 0.0734. The molecule has 0 radical (unpaired) electrons. The molecule has 68 valence electrons. The molecule has 0 spiro atoms. The van der Waals surface area contributed by atoms with Gasteiger partial charge >= 0.3 is 0 Å². The van der Waals surface area contributed by atoms with Gasteiger partial charge < -0.3 is 5.11 Å². The maximum Gasteiger partial charge on any atom is 0.0482 e. The molecular weight excluding hydrogens is 168 g/mol. The first-order valence-corrected chi connectivity index (χ1v) is 5.15. The van der Waals surface area contributed by atoms with Gasteiger partial charge in [0.25, 0.3) is 0 Å². The molecule has 0 saturated carbocycles. The van der Waals surface area contributed by atoms with E-state index >= 15 is 0 Å². The maximum absolute atomic E-state index is 9.03. The van der Waals surface area contributed by atoms with Crippen molar-refractivity contribution in [3.63, 3.8) is 0 Å². The molecule has 0 fully saturated rings. The standard InChI is InChI=1S/C10H16OS/c1-10(2,8-11)6-5-9-4-3-7-12-9/h3-4,7,11H,5-6,8H2,1-2H3. The molecule has 1 nitrogen and oxygen atoms in total. The smallest absolute Gasteiger partial charge is 0.0482 e. The summed E-state index contributed by atoms with van der Waals surface area (Å²) in [6, 6.07) is 4.23. The van der Waals surface area contributed by atoms with Crippen molar-refractivity contribution in [2.75, 3.05) is 6.61 Å². The van der Waals surface area contributed by atoms with E-state index in [4.69, 9.17) is 5.11 Å². The number of aliphatic hydroxyl groups is 1. The second-order valence-corrected chi connectivity index (χ2v) is 4.93. The van der Waals surface area contributed by atoms with E-state index in [2.05, 4.69) is 31.4 Å². The zero-order chi connectivity index (χ0) is 9.03. The molecule has 0 saturated heterocycles. The highest BCUT2D eigenvalue weighted by Crippen LogP contribution is 2.23. The molecule has 0 bridgehead atoms. The molecule has 0 aromatic carbocycles. The summed E-state index contributed by atoms with van der Waals surface area (Å²) in [7, 11) is 0. The fraction of sp³-hybridized carbons (Fsp3) is 0.600. The van der Waals surface area contributed by atoms with E-state index in [1.54, 1.807) is 11.3 Å². The Morgan fingerprint density at radius 1 is 1.50 bits per heavy atom. The fourth-order valence-electron chi connectivity index (χ4n) is 0.995. The van der Waals surface area contributed by atoms with Crippen LogP contribution in [0.5, 0.6) is 0 Å². The lowest BCUT2D eigenvalue weighted by Gasteiger charge is -2.20. The van der Waals surface area contributed by atoms with Crippen molar-refractivity contribution in [3.8, 4) is 0 Å². The number of thiophene rings is 1. The van der Waals surface area contributed by atoms with Gasteiger partial charge in [0.1, 0.15) is 0 Å². The first-order valence-electron chi connectivity index (χ1n) is 4.27. The van der Waals surface area contributed by atoms with E-state index in [-0.39, 0.29) is 12.0 Å². The quantitative estimate of drug-likeness (QED) is 0.762. The summed E-state index contributed by atoms with van der Waals surface area (Å²) < 4.78 is 0. The molecule has 0 amide bonds. The lowest BCUT2D eigenvalue weighted by Crippen LogP contribution is -2.17. The number of aryl methyl sites for hydroxylation is 1. The van der Waals surface area contributed by atoms with Gasteiger partial charge in [-0.15, -0.1) is 11.3 Å². The van der Waals surface area contributed by atoms with Crippen molar-refractivity contribution in [2.45, 2.75) is 26.7 Å². The minimum Gasteiger partial charge on any atom is -0.396 e. The van der Waals surface area contributed by atoms with Crippen molar-refractivity contribution < 1.29 is 5.11 Å². The van der Waals surface area contributed by atoms with Crippen LogP contribution in [0, 0.1) is 5.41 Å². The first-order chi connectivity index (χ1) is 5.64. The molecule has 0 atom stereocenters. The molecule has 1 aromatic rings. The van der Waals surface area contributed by atoms with Gasteiger partial charge in [-0.3, -0.25) is 0 Å². The van der Waals surface area contributed by atoms with Crippen LogP contribution >= 0.6 is 11.3 Å². The highest BCUT2D eigenvalue weighted by Gasteiger charge is 2.15. The summed E-state index contributed by atoms with van der Waals surface area (Å²) in [4.78, 5) is 1.41. The van der Waals surface area contributed by atoms with E-state index in [0.29, 0.717) is 0 Å². The highest BCUT2D eigenvalue weighted by molar-refractivity contribution is 7.09. The maximum atomic E-state index is 9.03. The highest BCUT2D eigenvalue weighted by atomic mass is 32.1. The van der Waals surface area contributed by atoms with Gasteiger partial charge in [-0.25, -0.2) is 0 Å². The SMILES string of the molecule is CC(C)(CO)CCc1cccs1. The Balaban J connectivity index is 2.36. The molecule has 1 rings (SSSR count). The van der Waals surface area contributed by atoms with E-state index in [9.17, 15) is 0 Å². The van der Waals surface area contributed by atoms with E-state index in [1.807, 2.05) is 0 Å². The second-order valence-electron chi connectivity index (χ2n) is 3.90. The topological polar surface area (TPSA) is 20.2 Å². The van der Waals surface area contributed by atoms with Crippen LogP contribution in [0.15, 0.2) is 17.5 Å². The normalized spacial score (nSPS) is 11.9. The van der Waals surface area contributed by atoms with Crippen LogP contribution in [-0.4, -0.2) is 11.7 Å². The van der Waals surface area contributed by atoms with Crippen molar-refractivity contribution in [2.24, 2.45) is 5.41 Å². The van der Waals surface area contributed by atoms with Crippen molar-refractivity contribution >= 4 is 11.3 Å². The van der Waals surface area contributed by atoms with Gasteiger partial charge in [0, 0.05) is 11.5 Å². The van der Waals surface area contributed by atoms with Crippen LogP contribution in [0.1, 0.15) is 25.1 Å². The van der Waals surface area contributed by atoms with Crippen LogP contribution in [0.3, 0.4) is 0 Å². The van der Waals surface area contributed by atoms with E-state index < -0.39 is 0 Å². The summed E-state index contributed by atoms with van der Waals surface area (Å²) in [6.45, 7) is 4.47.